The number of halogens is 1. The molecule has 1 rings (SSSR count). The molecule has 0 aliphatic rings. The molecule has 1 amide bonds. The Bertz CT molecular complexity index is 527. The first kappa shape index (κ1) is 19.0. The van der Waals surface area contributed by atoms with E-state index in [1.165, 1.54) is 0 Å². The number of nitrogens with zero attached hydrogens (tertiary/aromatic N) is 1. The number of carbonyl (C=O) groups is 1. The van der Waals surface area contributed by atoms with E-state index >= 15 is 0 Å². The summed E-state index contributed by atoms with van der Waals surface area (Å²) in [7, 11) is 0. The Morgan fingerprint density at radius 3 is 2.50 bits per heavy atom. The molecule has 22 heavy (non-hydrogen) atoms. The first-order valence-corrected chi connectivity index (χ1v) is 8.54. The molecule has 7 heteroatoms. The van der Waals surface area contributed by atoms with Gasteiger partial charge in [-0.2, -0.15) is 0 Å². The molecule has 0 aliphatic carbocycles. The van der Waals surface area contributed by atoms with Crippen molar-refractivity contribution in [2.24, 2.45) is 4.99 Å². The number of amides is 1. The first-order valence-electron chi connectivity index (χ1n) is 6.89. The number of amidine groups is 1. The molecule has 0 aliphatic heterocycles. The molecule has 121 valence electrons. The minimum absolute atomic E-state index is 0.120. The first-order chi connectivity index (χ1) is 10.2. The van der Waals surface area contributed by atoms with Gasteiger partial charge in [-0.1, -0.05) is 0 Å². The SMILES string of the molecule is CC(CN=C([Se])Nc1ccc(Br)cc1)NC(=O)OC(C)(C)C. The Kier molecular flexibility index (Phi) is 7.39. The number of anilines is 1. The van der Waals surface area contributed by atoms with Crippen molar-refractivity contribution in [3.8, 4) is 0 Å². The number of alkyl carbamates (subject to hydrolysis) is 1. The van der Waals surface area contributed by atoms with E-state index in [1.54, 1.807) is 0 Å². The van der Waals surface area contributed by atoms with Gasteiger partial charge in [0.2, 0.25) is 0 Å². The fourth-order valence-corrected chi connectivity index (χ4v) is 2.14. The summed E-state index contributed by atoms with van der Waals surface area (Å²) in [6.45, 7) is 7.81. The quantitative estimate of drug-likeness (QED) is 0.435. The van der Waals surface area contributed by atoms with Gasteiger partial charge in [0, 0.05) is 0 Å². The summed E-state index contributed by atoms with van der Waals surface area (Å²) >= 11 is 6.26. The Hall–Kier alpha value is -1.04. The third-order valence-corrected chi connectivity index (χ3v) is 3.38. The van der Waals surface area contributed by atoms with Crippen LogP contribution in [-0.2, 0) is 4.74 Å². The predicted molar refractivity (Wildman–Crippen MR) is 94.7 cm³/mol. The van der Waals surface area contributed by atoms with Crippen LogP contribution in [0.1, 0.15) is 27.7 Å². The molecule has 1 unspecified atom stereocenters. The van der Waals surface area contributed by atoms with E-state index in [-0.39, 0.29) is 6.04 Å². The van der Waals surface area contributed by atoms with Crippen molar-refractivity contribution in [3.05, 3.63) is 28.7 Å². The van der Waals surface area contributed by atoms with Crippen LogP contribution in [0.5, 0.6) is 0 Å². The molecule has 1 aromatic carbocycles. The van der Waals surface area contributed by atoms with Gasteiger partial charge in [0.15, 0.2) is 0 Å². The van der Waals surface area contributed by atoms with Crippen LogP contribution >= 0.6 is 15.9 Å². The molecule has 0 spiro atoms. The molecule has 0 saturated carbocycles. The summed E-state index contributed by atoms with van der Waals surface area (Å²) < 4.78 is 6.88. The van der Waals surface area contributed by atoms with Gasteiger partial charge in [0.1, 0.15) is 0 Å². The number of carbonyl (C=O) groups excluding carboxylic acids is 1. The summed E-state index contributed by atoms with van der Waals surface area (Å²) in [5.41, 5.74) is 0.438. The Morgan fingerprint density at radius 1 is 1.36 bits per heavy atom. The van der Waals surface area contributed by atoms with E-state index in [9.17, 15) is 4.79 Å². The Labute approximate surface area is 148 Å². The van der Waals surface area contributed by atoms with Crippen LogP contribution in [0.2, 0.25) is 0 Å². The molecular weight excluding hydrogens is 413 g/mol. The number of benzene rings is 1. The van der Waals surface area contributed by atoms with E-state index in [0.29, 0.717) is 11.3 Å². The molecule has 0 bridgehead atoms. The van der Waals surface area contributed by atoms with Gasteiger partial charge in [0.05, 0.1) is 0 Å². The zero-order valence-corrected chi connectivity index (χ0v) is 16.4. The fraction of sp³-hybridized carbons (Fsp3) is 0.467. The molecule has 0 aromatic heterocycles. The summed E-state index contributed by atoms with van der Waals surface area (Å²) in [5, 5.41) is 5.89. The monoisotopic (exact) mass is 434 g/mol. The molecule has 2 N–H and O–H groups in total. The summed E-state index contributed by atoms with van der Waals surface area (Å²) in [5.74, 6) is 0. The van der Waals surface area contributed by atoms with Crippen molar-refractivity contribution in [2.75, 3.05) is 11.9 Å². The van der Waals surface area contributed by atoms with Crippen molar-refractivity contribution in [2.45, 2.75) is 39.3 Å². The van der Waals surface area contributed by atoms with E-state index in [2.05, 4.69) is 47.6 Å². The standard InChI is InChI=1S/C15H21BrN3O2Se/c1-10(18-14(20)21-15(2,3)4)9-17-13(22)19-12-7-5-11(16)6-8-12/h5-8,10H,9H2,1-4H3,(H,17,19)(H,18,20). The number of hydrogen-bond donors (Lipinski definition) is 2. The summed E-state index contributed by atoms with van der Waals surface area (Å²) in [6.07, 6.45) is -0.433. The maximum absolute atomic E-state index is 11.6. The summed E-state index contributed by atoms with van der Waals surface area (Å²) in [4.78, 5) is 16.0. The number of aliphatic imine (C=N–C) groups is 1. The molecule has 0 saturated heterocycles. The van der Waals surface area contributed by atoms with Crippen LogP contribution in [0, 0.1) is 0 Å². The van der Waals surface area contributed by atoms with Crippen LogP contribution in [0.4, 0.5) is 10.5 Å². The van der Waals surface area contributed by atoms with Gasteiger partial charge < -0.3 is 0 Å². The summed E-state index contributed by atoms with van der Waals surface area (Å²) in [6, 6.07) is 7.66. The minimum atomic E-state index is -0.500. The fourth-order valence-electron chi connectivity index (χ4n) is 1.47. The number of ether oxygens (including phenoxy) is 1. The predicted octanol–water partition coefficient (Wildman–Crippen LogP) is 3.30. The van der Waals surface area contributed by atoms with Crippen LogP contribution < -0.4 is 10.6 Å². The van der Waals surface area contributed by atoms with Gasteiger partial charge in [0.25, 0.3) is 0 Å². The molecule has 1 radical (unpaired) electrons. The number of nitrogens with one attached hydrogen (secondary N) is 2. The third kappa shape index (κ3) is 8.41. The average molecular weight is 434 g/mol. The maximum atomic E-state index is 11.6. The zero-order valence-electron chi connectivity index (χ0n) is 13.1. The van der Waals surface area contributed by atoms with Crippen molar-refractivity contribution in [1.29, 1.82) is 0 Å². The Balaban J connectivity index is 2.42. The second-order valence-corrected chi connectivity index (χ2v) is 7.55. The van der Waals surface area contributed by atoms with Gasteiger partial charge in [-0.3, -0.25) is 0 Å². The van der Waals surface area contributed by atoms with Crippen molar-refractivity contribution >= 4 is 48.5 Å². The van der Waals surface area contributed by atoms with Crippen LogP contribution in [0.25, 0.3) is 0 Å². The van der Waals surface area contributed by atoms with Crippen molar-refractivity contribution in [1.82, 2.24) is 5.32 Å². The van der Waals surface area contributed by atoms with Gasteiger partial charge in [-0.05, 0) is 0 Å². The van der Waals surface area contributed by atoms with E-state index in [4.69, 9.17) is 4.74 Å². The van der Waals surface area contributed by atoms with E-state index < -0.39 is 11.7 Å². The van der Waals surface area contributed by atoms with Crippen LogP contribution in [-0.4, -0.2) is 45.0 Å². The zero-order chi connectivity index (χ0) is 16.8. The van der Waals surface area contributed by atoms with Gasteiger partial charge >= 0.3 is 148 Å². The number of hydrogen-bond acceptors (Lipinski definition) is 3. The van der Waals surface area contributed by atoms with E-state index in [1.807, 2.05) is 52.0 Å². The second-order valence-electron chi connectivity index (χ2n) is 5.83. The normalized spacial score (nSPS) is 13.4. The topological polar surface area (TPSA) is 62.7 Å². The van der Waals surface area contributed by atoms with Crippen LogP contribution in [0.15, 0.2) is 33.7 Å². The second kappa shape index (κ2) is 8.56. The van der Waals surface area contributed by atoms with Crippen LogP contribution in [0.3, 0.4) is 0 Å². The van der Waals surface area contributed by atoms with Crippen molar-refractivity contribution < 1.29 is 9.53 Å². The number of rotatable bonds is 4. The third-order valence-electron chi connectivity index (χ3n) is 2.37. The molecule has 0 fully saturated rings. The molecule has 1 atom stereocenters. The molecule has 1 aromatic rings. The van der Waals surface area contributed by atoms with E-state index in [0.717, 1.165) is 10.2 Å². The molecular formula is C15H21BrN3O2Se. The van der Waals surface area contributed by atoms with Crippen molar-refractivity contribution in [3.63, 3.8) is 0 Å². The van der Waals surface area contributed by atoms with Gasteiger partial charge in [-0.25, -0.2) is 0 Å². The van der Waals surface area contributed by atoms with Gasteiger partial charge in [-0.15, -0.1) is 0 Å². The molecule has 5 nitrogen and oxygen atoms in total. The molecule has 0 heterocycles. The average Bonchev–Trinajstić information content (AvgIpc) is 2.37. The Morgan fingerprint density at radius 2 is 1.95 bits per heavy atom.